The number of nitrogens with one attached hydrogen (secondary N) is 1. The van der Waals surface area contributed by atoms with Gasteiger partial charge in [-0.3, -0.25) is 4.79 Å². The molecule has 8 heteroatoms. The zero-order valence-corrected chi connectivity index (χ0v) is 25.8. The van der Waals surface area contributed by atoms with Gasteiger partial charge < -0.3 is 14.2 Å². The molecule has 0 aliphatic carbocycles. The van der Waals surface area contributed by atoms with Crippen LogP contribution in [0.1, 0.15) is 87.3 Å². The zero-order valence-electron chi connectivity index (χ0n) is 25.0. The highest BCUT2D eigenvalue weighted by atomic mass is 32.2. The lowest BCUT2D eigenvalue weighted by Crippen LogP contribution is -2.28. The molecule has 1 heterocycles. The van der Waals surface area contributed by atoms with Crippen molar-refractivity contribution in [2.75, 3.05) is 33.3 Å². The maximum absolute atomic E-state index is 13.8. The predicted octanol–water partition coefficient (Wildman–Crippen LogP) is 6.33. The van der Waals surface area contributed by atoms with E-state index in [2.05, 4.69) is 35.0 Å². The van der Waals surface area contributed by atoms with Gasteiger partial charge in [0.15, 0.2) is 5.78 Å². The van der Waals surface area contributed by atoms with Crippen molar-refractivity contribution in [1.29, 1.82) is 0 Å². The van der Waals surface area contributed by atoms with E-state index in [-0.39, 0.29) is 16.2 Å². The summed E-state index contributed by atoms with van der Waals surface area (Å²) in [6.07, 6.45) is 8.71. The van der Waals surface area contributed by atoms with Crippen molar-refractivity contribution >= 4 is 26.7 Å². The molecule has 0 saturated carbocycles. The van der Waals surface area contributed by atoms with Crippen molar-refractivity contribution in [2.45, 2.75) is 77.0 Å². The van der Waals surface area contributed by atoms with E-state index in [1.807, 2.05) is 13.1 Å². The molecule has 1 aromatic heterocycles. The number of rotatable bonds is 18. The summed E-state index contributed by atoms with van der Waals surface area (Å²) in [6, 6.07) is 12.3. The molecule has 7 nitrogen and oxygen atoms in total. The van der Waals surface area contributed by atoms with Crippen molar-refractivity contribution in [3.8, 4) is 5.75 Å². The Balaban J connectivity index is 1.79. The molecule has 0 fully saturated rings. The van der Waals surface area contributed by atoms with Gasteiger partial charge in [0, 0.05) is 35.8 Å². The smallest absolute Gasteiger partial charge is 0.241 e. The van der Waals surface area contributed by atoms with Crippen LogP contribution in [0.4, 0.5) is 0 Å². The normalized spacial score (nSPS) is 11.9. The summed E-state index contributed by atoms with van der Waals surface area (Å²) in [5.74, 6) is 0.383. The number of fused-ring (bicyclic) bond motifs is 1. The van der Waals surface area contributed by atoms with Crippen molar-refractivity contribution < 1.29 is 17.9 Å². The minimum Gasteiger partial charge on any atom is -0.494 e. The zero-order chi connectivity index (χ0) is 29.1. The van der Waals surface area contributed by atoms with Crippen LogP contribution in [0, 0.1) is 0 Å². The molecule has 2 aromatic carbocycles. The number of hydrogen-bond donors (Lipinski definition) is 1. The Bertz CT molecular complexity index is 1340. The van der Waals surface area contributed by atoms with Gasteiger partial charge in [0.25, 0.3) is 0 Å². The Morgan fingerprint density at radius 3 is 2.12 bits per heavy atom. The first-order valence-corrected chi connectivity index (χ1v) is 16.3. The van der Waals surface area contributed by atoms with E-state index >= 15 is 0 Å². The van der Waals surface area contributed by atoms with Gasteiger partial charge in [0.05, 0.1) is 17.1 Å². The molecule has 220 valence electrons. The number of ether oxygens (including phenoxy) is 1. The fraction of sp³-hybridized carbons (Fsp3) is 0.531. The van der Waals surface area contributed by atoms with Crippen molar-refractivity contribution in [2.24, 2.45) is 7.05 Å². The van der Waals surface area contributed by atoms with Crippen LogP contribution < -0.4 is 9.46 Å². The van der Waals surface area contributed by atoms with E-state index in [1.54, 1.807) is 30.3 Å². The SMILES string of the molecule is CCCCc1cc2c(C(=O)c3ccc(OCCCN(CCCC)CCCC)cc3)c(S(=O)(=O)NC)ccc2n1C. The van der Waals surface area contributed by atoms with E-state index in [4.69, 9.17) is 4.74 Å². The Kier molecular flexibility index (Phi) is 12.2. The summed E-state index contributed by atoms with van der Waals surface area (Å²) in [5, 5.41) is 0.658. The van der Waals surface area contributed by atoms with Gasteiger partial charge in [-0.05, 0) is 94.7 Å². The largest absolute Gasteiger partial charge is 0.494 e. The van der Waals surface area contributed by atoms with Crippen molar-refractivity contribution in [3.63, 3.8) is 0 Å². The maximum atomic E-state index is 13.8. The summed E-state index contributed by atoms with van der Waals surface area (Å²) < 4.78 is 36.3. The number of benzene rings is 2. The van der Waals surface area contributed by atoms with E-state index in [9.17, 15) is 13.2 Å². The molecule has 40 heavy (non-hydrogen) atoms. The van der Waals surface area contributed by atoms with E-state index in [0.29, 0.717) is 23.3 Å². The molecular formula is C32H47N3O4S. The lowest BCUT2D eigenvalue weighted by molar-refractivity contribution is 0.103. The molecule has 0 bridgehead atoms. The Morgan fingerprint density at radius 1 is 0.900 bits per heavy atom. The molecule has 0 spiro atoms. The topological polar surface area (TPSA) is 80.6 Å². The third kappa shape index (κ3) is 7.95. The fourth-order valence-corrected chi connectivity index (χ4v) is 5.97. The van der Waals surface area contributed by atoms with Gasteiger partial charge in [-0.15, -0.1) is 0 Å². The van der Waals surface area contributed by atoms with Crippen LogP contribution in [-0.4, -0.2) is 57.0 Å². The second-order valence-corrected chi connectivity index (χ2v) is 12.3. The highest BCUT2D eigenvalue weighted by Crippen LogP contribution is 2.31. The van der Waals surface area contributed by atoms with Crippen LogP contribution in [0.15, 0.2) is 47.4 Å². The number of aromatic nitrogens is 1. The Morgan fingerprint density at radius 2 is 1.52 bits per heavy atom. The van der Waals surface area contributed by atoms with Crippen LogP contribution in [0.2, 0.25) is 0 Å². The lowest BCUT2D eigenvalue weighted by atomic mass is 9.99. The summed E-state index contributed by atoms with van der Waals surface area (Å²) in [7, 11) is -0.514. The summed E-state index contributed by atoms with van der Waals surface area (Å²) in [6.45, 7) is 10.5. The monoisotopic (exact) mass is 569 g/mol. The van der Waals surface area contributed by atoms with E-state index in [0.717, 1.165) is 56.5 Å². The highest BCUT2D eigenvalue weighted by molar-refractivity contribution is 7.89. The first kappa shape index (κ1) is 31.8. The molecule has 0 aliphatic rings. The quantitative estimate of drug-likeness (QED) is 0.143. The van der Waals surface area contributed by atoms with Gasteiger partial charge in [0.1, 0.15) is 5.75 Å². The summed E-state index contributed by atoms with van der Waals surface area (Å²) in [4.78, 5) is 16.4. The number of sulfonamides is 1. The summed E-state index contributed by atoms with van der Waals surface area (Å²) >= 11 is 0. The maximum Gasteiger partial charge on any atom is 0.241 e. The Labute approximate surface area is 241 Å². The van der Waals surface area contributed by atoms with Crippen molar-refractivity contribution in [3.05, 3.63) is 59.3 Å². The summed E-state index contributed by atoms with van der Waals surface area (Å²) in [5.41, 5.74) is 2.56. The van der Waals surface area contributed by atoms with E-state index < -0.39 is 10.0 Å². The number of carbonyl (C=O) groups is 1. The minimum atomic E-state index is -3.84. The van der Waals surface area contributed by atoms with Gasteiger partial charge in [-0.25, -0.2) is 13.1 Å². The van der Waals surface area contributed by atoms with Crippen molar-refractivity contribution in [1.82, 2.24) is 14.2 Å². The van der Waals surface area contributed by atoms with Gasteiger partial charge in [0.2, 0.25) is 10.0 Å². The predicted molar refractivity (Wildman–Crippen MR) is 164 cm³/mol. The van der Waals surface area contributed by atoms with Gasteiger partial charge >= 0.3 is 0 Å². The number of unbranched alkanes of at least 4 members (excludes halogenated alkanes) is 3. The van der Waals surface area contributed by atoms with Crippen LogP contribution in [0.25, 0.3) is 10.9 Å². The number of nitrogens with zero attached hydrogens (tertiary/aromatic N) is 2. The Hall–Kier alpha value is -2.68. The minimum absolute atomic E-state index is 0.00355. The van der Waals surface area contributed by atoms with Crippen LogP contribution in [-0.2, 0) is 23.5 Å². The highest BCUT2D eigenvalue weighted by Gasteiger charge is 2.26. The number of aryl methyl sites for hydroxylation is 2. The lowest BCUT2D eigenvalue weighted by Gasteiger charge is -2.21. The van der Waals surface area contributed by atoms with Crippen LogP contribution in [0.5, 0.6) is 5.75 Å². The molecule has 3 rings (SSSR count). The third-order valence-electron chi connectivity index (χ3n) is 7.52. The molecule has 0 amide bonds. The fourth-order valence-electron chi connectivity index (χ4n) is 5.04. The second kappa shape index (κ2) is 15.4. The first-order valence-electron chi connectivity index (χ1n) is 14.8. The average Bonchev–Trinajstić information content (AvgIpc) is 3.29. The van der Waals surface area contributed by atoms with Crippen LogP contribution in [0.3, 0.4) is 0 Å². The second-order valence-electron chi connectivity index (χ2n) is 10.5. The standard InChI is InChI=1S/C32H47N3O4S/c1-6-9-13-26-24-28-29(34(26)5)18-19-30(40(37,38)33-4)31(28)32(36)25-14-16-27(17-15-25)39-23-12-22-35(20-10-7-2)21-11-8-3/h14-19,24,33H,6-13,20-23H2,1-5H3. The van der Waals surface area contributed by atoms with Gasteiger partial charge in [-0.1, -0.05) is 40.0 Å². The molecule has 0 aliphatic heterocycles. The molecule has 0 radical (unpaired) electrons. The molecule has 0 saturated heterocycles. The number of ketones is 1. The van der Waals surface area contributed by atoms with E-state index in [1.165, 1.54) is 38.8 Å². The number of hydrogen-bond acceptors (Lipinski definition) is 5. The molecule has 3 aromatic rings. The molecule has 0 unspecified atom stereocenters. The third-order valence-corrected chi connectivity index (χ3v) is 8.98. The van der Waals surface area contributed by atoms with Gasteiger partial charge in [-0.2, -0.15) is 0 Å². The molecular weight excluding hydrogens is 522 g/mol. The average molecular weight is 570 g/mol. The van der Waals surface area contributed by atoms with Crippen LogP contribution >= 0.6 is 0 Å². The first-order chi connectivity index (χ1) is 19.3. The molecule has 1 N–H and O–H groups in total. The molecule has 0 atom stereocenters. The number of carbonyl (C=O) groups excluding carboxylic acids is 1.